The number of amides is 1. The fourth-order valence-electron chi connectivity index (χ4n) is 2.20. The molecule has 0 unspecified atom stereocenters. The Balaban J connectivity index is 1.69. The van der Waals surface area contributed by atoms with Gasteiger partial charge in [0, 0.05) is 29.3 Å². The number of nitrogens with zero attached hydrogens (tertiary/aromatic N) is 3. The highest BCUT2D eigenvalue weighted by atomic mass is 16.1. The molecule has 3 rings (SSSR count). The molecule has 0 aliphatic heterocycles. The predicted octanol–water partition coefficient (Wildman–Crippen LogP) is 3.19. The maximum Gasteiger partial charge on any atom is 0.255 e. The summed E-state index contributed by atoms with van der Waals surface area (Å²) in [6, 6.07) is 16.6. The molecule has 1 heterocycles. The summed E-state index contributed by atoms with van der Waals surface area (Å²) in [7, 11) is 0. The highest BCUT2D eigenvalue weighted by Gasteiger charge is 2.06. The quantitative estimate of drug-likeness (QED) is 0.804. The molecule has 0 bridgehead atoms. The van der Waals surface area contributed by atoms with Crippen LogP contribution in [0.15, 0.2) is 67.3 Å². The molecule has 0 aliphatic rings. The SMILES string of the molecule is N#CCc1ccc(NC(=O)c2ccc(-n3ccnc3)cc2)cc1. The summed E-state index contributed by atoms with van der Waals surface area (Å²) in [6.45, 7) is 0. The van der Waals surface area contributed by atoms with Gasteiger partial charge in [-0.2, -0.15) is 5.26 Å². The van der Waals surface area contributed by atoms with Crippen molar-refractivity contribution in [3.05, 3.63) is 78.4 Å². The van der Waals surface area contributed by atoms with Gasteiger partial charge in [-0.15, -0.1) is 0 Å². The molecule has 0 fully saturated rings. The zero-order valence-corrected chi connectivity index (χ0v) is 12.3. The molecule has 1 N–H and O–H groups in total. The lowest BCUT2D eigenvalue weighted by Gasteiger charge is -2.07. The van der Waals surface area contributed by atoms with Crippen LogP contribution in [0.4, 0.5) is 5.69 Å². The normalized spacial score (nSPS) is 10.0. The van der Waals surface area contributed by atoms with Crippen molar-refractivity contribution in [2.24, 2.45) is 0 Å². The van der Waals surface area contributed by atoms with Crippen molar-refractivity contribution in [3.8, 4) is 11.8 Å². The summed E-state index contributed by atoms with van der Waals surface area (Å²) in [6.07, 6.45) is 5.62. The number of carbonyl (C=O) groups is 1. The van der Waals surface area contributed by atoms with Gasteiger partial charge in [-0.05, 0) is 42.0 Å². The second kappa shape index (κ2) is 6.58. The number of rotatable bonds is 4. The van der Waals surface area contributed by atoms with Crippen molar-refractivity contribution >= 4 is 11.6 Å². The van der Waals surface area contributed by atoms with Crippen LogP contribution in [0, 0.1) is 11.3 Å². The molecular formula is C18H14N4O. The lowest BCUT2D eigenvalue weighted by atomic mass is 10.1. The summed E-state index contributed by atoms with van der Waals surface area (Å²) in [5, 5.41) is 11.5. The van der Waals surface area contributed by atoms with Gasteiger partial charge in [0.2, 0.25) is 0 Å². The zero-order chi connectivity index (χ0) is 16.1. The third-order valence-corrected chi connectivity index (χ3v) is 3.43. The summed E-state index contributed by atoms with van der Waals surface area (Å²) in [5.41, 5.74) is 3.15. The second-order valence-electron chi connectivity index (χ2n) is 5.00. The molecule has 5 heteroatoms. The van der Waals surface area contributed by atoms with Gasteiger partial charge in [0.25, 0.3) is 5.91 Å². The van der Waals surface area contributed by atoms with Gasteiger partial charge in [-0.3, -0.25) is 4.79 Å². The molecule has 0 spiro atoms. The average Bonchev–Trinajstić information content (AvgIpc) is 3.11. The topological polar surface area (TPSA) is 70.7 Å². The van der Waals surface area contributed by atoms with E-state index in [-0.39, 0.29) is 5.91 Å². The third kappa shape index (κ3) is 3.44. The summed E-state index contributed by atoms with van der Waals surface area (Å²) in [5.74, 6) is -0.171. The third-order valence-electron chi connectivity index (χ3n) is 3.43. The Bertz CT molecular complexity index is 828. The Labute approximate surface area is 133 Å². The number of benzene rings is 2. The molecule has 5 nitrogen and oxygen atoms in total. The monoisotopic (exact) mass is 302 g/mol. The Morgan fingerprint density at radius 3 is 2.48 bits per heavy atom. The first-order valence-electron chi connectivity index (χ1n) is 7.12. The average molecular weight is 302 g/mol. The highest BCUT2D eigenvalue weighted by Crippen LogP contribution is 2.13. The van der Waals surface area contributed by atoms with Gasteiger partial charge in [0.15, 0.2) is 0 Å². The minimum absolute atomic E-state index is 0.171. The number of nitriles is 1. The van der Waals surface area contributed by atoms with Gasteiger partial charge < -0.3 is 9.88 Å². The Morgan fingerprint density at radius 1 is 1.13 bits per heavy atom. The van der Waals surface area contributed by atoms with E-state index in [4.69, 9.17) is 5.26 Å². The van der Waals surface area contributed by atoms with E-state index in [2.05, 4.69) is 16.4 Å². The van der Waals surface area contributed by atoms with Crippen molar-refractivity contribution < 1.29 is 4.79 Å². The molecule has 112 valence electrons. The van der Waals surface area contributed by atoms with Crippen molar-refractivity contribution in [2.75, 3.05) is 5.32 Å². The Hall–Kier alpha value is -3.39. The van der Waals surface area contributed by atoms with Gasteiger partial charge in [0.1, 0.15) is 0 Å². The van der Waals surface area contributed by atoms with Crippen LogP contribution in [0.25, 0.3) is 5.69 Å². The van der Waals surface area contributed by atoms with Crippen molar-refractivity contribution in [3.63, 3.8) is 0 Å². The molecule has 0 aliphatic carbocycles. The van der Waals surface area contributed by atoms with Gasteiger partial charge in [0.05, 0.1) is 18.8 Å². The second-order valence-corrected chi connectivity index (χ2v) is 5.00. The molecule has 0 radical (unpaired) electrons. The number of hydrogen-bond donors (Lipinski definition) is 1. The first-order chi connectivity index (χ1) is 11.3. The fraction of sp³-hybridized carbons (Fsp3) is 0.0556. The summed E-state index contributed by atoms with van der Waals surface area (Å²) in [4.78, 5) is 16.2. The van der Waals surface area contributed by atoms with Gasteiger partial charge in [-0.1, -0.05) is 12.1 Å². The maximum atomic E-state index is 12.2. The molecule has 2 aromatic carbocycles. The number of hydrogen-bond acceptors (Lipinski definition) is 3. The number of aromatic nitrogens is 2. The van der Waals surface area contributed by atoms with E-state index >= 15 is 0 Å². The minimum Gasteiger partial charge on any atom is -0.322 e. The van der Waals surface area contributed by atoms with E-state index in [0.717, 1.165) is 11.3 Å². The Kier molecular flexibility index (Phi) is 4.16. The molecule has 0 atom stereocenters. The van der Waals surface area contributed by atoms with Gasteiger partial charge >= 0.3 is 0 Å². The van der Waals surface area contributed by atoms with E-state index in [1.807, 2.05) is 35.0 Å². The predicted molar refractivity (Wildman–Crippen MR) is 87.3 cm³/mol. The molecule has 3 aromatic rings. The number of anilines is 1. The summed E-state index contributed by atoms with van der Waals surface area (Å²) < 4.78 is 1.87. The van der Waals surface area contributed by atoms with Crippen molar-refractivity contribution in [2.45, 2.75) is 6.42 Å². The van der Waals surface area contributed by atoms with Crippen LogP contribution in [0.2, 0.25) is 0 Å². The number of carbonyl (C=O) groups excluding carboxylic acids is 1. The van der Waals surface area contributed by atoms with Gasteiger partial charge in [-0.25, -0.2) is 4.98 Å². The van der Waals surface area contributed by atoms with E-state index in [1.54, 1.807) is 36.8 Å². The van der Waals surface area contributed by atoms with Crippen LogP contribution in [-0.4, -0.2) is 15.5 Å². The van der Waals surface area contributed by atoms with Crippen LogP contribution < -0.4 is 5.32 Å². The number of nitrogens with one attached hydrogen (secondary N) is 1. The largest absolute Gasteiger partial charge is 0.322 e. The minimum atomic E-state index is -0.171. The number of imidazole rings is 1. The smallest absolute Gasteiger partial charge is 0.255 e. The molecule has 0 saturated carbocycles. The zero-order valence-electron chi connectivity index (χ0n) is 12.3. The van der Waals surface area contributed by atoms with Crippen LogP contribution in [-0.2, 0) is 6.42 Å². The lowest BCUT2D eigenvalue weighted by Crippen LogP contribution is -2.11. The van der Waals surface area contributed by atoms with Crippen molar-refractivity contribution in [1.29, 1.82) is 5.26 Å². The lowest BCUT2D eigenvalue weighted by molar-refractivity contribution is 0.102. The maximum absolute atomic E-state index is 12.2. The Morgan fingerprint density at radius 2 is 1.87 bits per heavy atom. The van der Waals surface area contributed by atoms with Crippen LogP contribution in [0.5, 0.6) is 0 Å². The molecular weight excluding hydrogens is 288 g/mol. The first kappa shape index (κ1) is 14.5. The van der Waals surface area contributed by atoms with E-state index < -0.39 is 0 Å². The van der Waals surface area contributed by atoms with Crippen LogP contribution in [0.3, 0.4) is 0 Å². The van der Waals surface area contributed by atoms with Crippen LogP contribution in [0.1, 0.15) is 15.9 Å². The molecule has 23 heavy (non-hydrogen) atoms. The van der Waals surface area contributed by atoms with E-state index in [1.165, 1.54) is 0 Å². The molecule has 1 amide bonds. The van der Waals surface area contributed by atoms with Crippen LogP contribution >= 0.6 is 0 Å². The fourth-order valence-corrected chi connectivity index (χ4v) is 2.20. The van der Waals surface area contributed by atoms with E-state index in [0.29, 0.717) is 17.7 Å². The molecule has 1 aromatic heterocycles. The summed E-state index contributed by atoms with van der Waals surface area (Å²) >= 11 is 0. The van der Waals surface area contributed by atoms with E-state index in [9.17, 15) is 4.79 Å². The molecule has 0 saturated heterocycles. The van der Waals surface area contributed by atoms with Crippen molar-refractivity contribution in [1.82, 2.24) is 9.55 Å². The highest BCUT2D eigenvalue weighted by molar-refractivity contribution is 6.04. The first-order valence-corrected chi connectivity index (χ1v) is 7.12. The standard InChI is InChI=1S/C18H14N4O/c19-10-9-14-1-5-16(6-2-14)21-18(23)15-3-7-17(8-4-15)22-12-11-20-13-22/h1-8,11-13H,9H2,(H,21,23).